The zero-order valence-electron chi connectivity index (χ0n) is 16.2. The first kappa shape index (κ1) is 20.0. The van der Waals surface area contributed by atoms with Crippen LogP contribution in [-0.2, 0) is 6.54 Å². The molecule has 30 heavy (non-hydrogen) atoms. The van der Waals surface area contributed by atoms with Gasteiger partial charge in [-0.05, 0) is 18.6 Å². The van der Waals surface area contributed by atoms with Gasteiger partial charge in [-0.25, -0.2) is 9.97 Å². The lowest BCUT2D eigenvalue weighted by Crippen LogP contribution is -2.34. The van der Waals surface area contributed by atoms with E-state index < -0.39 is 13.0 Å². The zero-order chi connectivity index (χ0) is 21.3. The fourth-order valence-corrected chi connectivity index (χ4v) is 4.50. The van der Waals surface area contributed by atoms with Crippen molar-refractivity contribution in [2.75, 3.05) is 5.32 Å². The molecule has 0 spiro atoms. The van der Waals surface area contributed by atoms with Gasteiger partial charge in [-0.15, -0.1) is 11.3 Å². The maximum absolute atomic E-state index is 11.8. The molecule has 5 N–H and O–H groups in total. The lowest BCUT2D eigenvalue weighted by Gasteiger charge is -2.12. The number of nitrogens with two attached hydrogens (primary N) is 1. The Kier molecular flexibility index (Phi) is 5.49. The van der Waals surface area contributed by atoms with Gasteiger partial charge in [-0.1, -0.05) is 42.5 Å². The second-order valence-corrected chi connectivity index (χ2v) is 8.01. The molecule has 0 saturated carbocycles. The molecule has 0 atom stereocenters. The number of thiophene rings is 1. The number of hydrogen-bond acceptors (Lipinski definition) is 7. The number of benzene rings is 2. The van der Waals surface area contributed by atoms with E-state index in [1.807, 2.05) is 43.3 Å². The molecule has 0 aliphatic rings. The summed E-state index contributed by atoms with van der Waals surface area (Å²) >= 11 is 1.46. The molecule has 0 aliphatic carbocycles. The van der Waals surface area contributed by atoms with Gasteiger partial charge in [0.05, 0.1) is 5.56 Å². The van der Waals surface area contributed by atoms with E-state index >= 15 is 0 Å². The van der Waals surface area contributed by atoms with Crippen LogP contribution < -0.4 is 16.5 Å². The molecular formula is C21H19BN4O3S. The Morgan fingerprint density at radius 1 is 1.17 bits per heavy atom. The smallest absolute Gasteiger partial charge is 0.423 e. The fraction of sp³-hybridized carbons (Fsp3) is 0.0952. The van der Waals surface area contributed by atoms with Gasteiger partial charge in [0.1, 0.15) is 5.82 Å². The Balaban J connectivity index is 1.79. The van der Waals surface area contributed by atoms with Crippen LogP contribution in [0.4, 0.5) is 5.82 Å². The van der Waals surface area contributed by atoms with Gasteiger partial charge in [0, 0.05) is 38.7 Å². The summed E-state index contributed by atoms with van der Waals surface area (Å²) in [5, 5.41) is 23.5. The zero-order valence-corrected chi connectivity index (χ0v) is 17.0. The third kappa shape index (κ3) is 3.78. The maximum Gasteiger partial charge on any atom is 0.493 e. The van der Waals surface area contributed by atoms with Gasteiger partial charge in [0.15, 0.2) is 5.82 Å². The van der Waals surface area contributed by atoms with Gasteiger partial charge in [0.25, 0.3) is 0 Å². The molecule has 4 rings (SSSR count). The van der Waals surface area contributed by atoms with Gasteiger partial charge in [0.2, 0.25) is 5.91 Å². The summed E-state index contributed by atoms with van der Waals surface area (Å²) in [7, 11) is -1.71. The quantitative estimate of drug-likeness (QED) is 0.356. The van der Waals surface area contributed by atoms with Crippen molar-refractivity contribution in [2.24, 2.45) is 5.73 Å². The highest BCUT2D eigenvalue weighted by molar-refractivity contribution is 7.20. The Morgan fingerprint density at radius 2 is 1.93 bits per heavy atom. The number of hydrogen-bond donors (Lipinski definition) is 4. The van der Waals surface area contributed by atoms with Gasteiger partial charge in [-0.2, -0.15) is 0 Å². The van der Waals surface area contributed by atoms with Crippen LogP contribution in [0.5, 0.6) is 0 Å². The van der Waals surface area contributed by atoms with Crippen LogP contribution in [0.3, 0.4) is 0 Å². The van der Waals surface area contributed by atoms with Gasteiger partial charge in [-0.3, -0.25) is 4.79 Å². The predicted octanol–water partition coefficient (Wildman–Crippen LogP) is 2.06. The van der Waals surface area contributed by atoms with Crippen molar-refractivity contribution in [3.8, 4) is 11.4 Å². The monoisotopic (exact) mass is 418 g/mol. The predicted molar refractivity (Wildman–Crippen MR) is 120 cm³/mol. The summed E-state index contributed by atoms with van der Waals surface area (Å²) in [6.07, 6.45) is 1.40. The number of nitrogens with one attached hydrogen (secondary N) is 1. The van der Waals surface area contributed by atoms with Crippen LogP contribution in [0.1, 0.15) is 20.8 Å². The average molecular weight is 418 g/mol. The topological polar surface area (TPSA) is 121 Å². The number of rotatable bonds is 6. The summed E-state index contributed by atoms with van der Waals surface area (Å²) < 4.78 is 0.783. The van der Waals surface area contributed by atoms with E-state index in [0.717, 1.165) is 26.1 Å². The molecule has 0 bridgehead atoms. The largest absolute Gasteiger partial charge is 0.493 e. The number of carbonyl (C=O) groups excluding carboxylic acids is 1. The molecule has 9 heteroatoms. The number of nitrogens with zero attached hydrogens (tertiary/aromatic N) is 2. The Labute approximate surface area is 177 Å². The molecule has 2 aromatic carbocycles. The highest BCUT2D eigenvalue weighted by atomic mass is 32.1. The van der Waals surface area contributed by atoms with Crippen molar-refractivity contribution >= 4 is 45.7 Å². The molecule has 0 radical (unpaired) electrons. The molecule has 1 amide bonds. The summed E-state index contributed by atoms with van der Waals surface area (Å²) in [4.78, 5) is 21.7. The second kappa shape index (κ2) is 8.23. The minimum absolute atomic E-state index is 0.185. The molecule has 0 fully saturated rings. The molecular weight excluding hydrogens is 399 g/mol. The number of carbonyl (C=O) groups is 1. The first-order valence-corrected chi connectivity index (χ1v) is 10.1. The van der Waals surface area contributed by atoms with Crippen LogP contribution in [0.25, 0.3) is 21.5 Å². The van der Waals surface area contributed by atoms with E-state index in [9.17, 15) is 14.8 Å². The number of amides is 1. The lowest BCUT2D eigenvalue weighted by atomic mass is 9.81. The van der Waals surface area contributed by atoms with Crippen LogP contribution >= 0.6 is 11.3 Å². The third-order valence-electron chi connectivity index (χ3n) is 4.78. The number of aromatic nitrogens is 2. The summed E-state index contributed by atoms with van der Waals surface area (Å²) in [6.45, 7) is 2.40. The Hall–Kier alpha value is -3.27. The van der Waals surface area contributed by atoms with Crippen LogP contribution in [0, 0.1) is 6.92 Å². The molecule has 7 nitrogen and oxygen atoms in total. The molecule has 2 aromatic heterocycles. The third-order valence-corrected chi connectivity index (χ3v) is 5.93. The molecule has 0 unspecified atom stereocenters. The van der Waals surface area contributed by atoms with Gasteiger partial charge >= 0.3 is 7.12 Å². The van der Waals surface area contributed by atoms with E-state index in [1.165, 1.54) is 17.5 Å². The van der Waals surface area contributed by atoms with Gasteiger partial charge < -0.3 is 21.1 Å². The van der Waals surface area contributed by atoms with Crippen molar-refractivity contribution in [2.45, 2.75) is 13.5 Å². The molecule has 0 saturated heterocycles. The van der Waals surface area contributed by atoms with Crippen molar-refractivity contribution in [3.05, 3.63) is 70.7 Å². The fourth-order valence-electron chi connectivity index (χ4n) is 3.33. The number of primary amides is 1. The molecule has 0 aliphatic heterocycles. The summed E-state index contributed by atoms with van der Waals surface area (Å²) in [5.74, 6) is 0.280. The van der Waals surface area contributed by atoms with Crippen molar-refractivity contribution in [3.63, 3.8) is 0 Å². The lowest BCUT2D eigenvalue weighted by molar-refractivity contribution is 0.100. The maximum atomic E-state index is 11.8. The molecule has 150 valence electrons. The molecule has 4 aromatic rings. The summed E-state index contributed by atoms with van der Waals surface area (Å²) in [5.41, 5.74) is 7.98. The number of aryl methyl sites for hydroxylation is 1. The normalized spacial score (nSPS) is 10.9. The minimum atomic E-state index is -1.71. The average Bonchev–Trinajstić information content (AvgIpc) is 3.08. The van der Waals surface area contributed by atoms with Crippen LogP contribution in [0.15, 0.2) is 54.7 Å². The SMILES string of the molecule is Cc1sc2c(C(N)=O)cccc2c1-c1ncc(B(O)O)c(NCc2ccccc2)n1. The number of anilines is 1. The Morgan fingerprint density at radius 3 is 2.63 bits per heavy atom. The van der Waals surface area contributed by atoms with Crippen molar-refractivity contribution < 1.29 is 14.8 Å². The first-order chi connectivity index (χ1) is 14.5. The van der Waals surface area contributed by atoms with Crippen molar-refractivity contribution in [1.82, 2.24) is 9.97 Å². The first-order valence-electron chi connectivity index (χ1n) is 9.29. The van der Waals surface area contributed by atoms with E-state index in [1.54, 1.807) is 12.1 Å². The highest BCUT2D eigenvalue weighted by Crippen LogP contribution is 2.38. The highest BCUT2D eigenvalue weighted by Gasteiger charge is 2.22. The minimum Gasteiger partial charge on any atom is -0.423 e. The second-order valence-electron chi connectivity index (χ2n) is 6.79. The standard InChI is InChI=1S/C21H19BN4O3S/c1-12-17(14-8-5-9-15(19(23)27)18(14)30-12)21-25-11-16(22(28)29)20(26-21)24-10-13-6-3-2-4-7-13/h2-9,11,28-29H,10H2,1H3,(H2,23,27)(H,24,25,26). The van der Waals surface area contributed by atoms with Crippen LogP contribution in [-0.4, -0.2) is 33.0 Å². The van der Waals surface area contributed by atoms with E-state index in [-0.39, 0.29) is 5.46 Å². The summed E-state index contributed by atoms with van der Waals surface area (Å²) in [6, 6.07) is 15.1. The van der Waals surface area contributed by atoms with E-state index in [2.05, 4.69) is 15.3 Å². The Bertz CT molecular complexity index is 1230. The van der Waals surface area contributed by atoms with E-state index in [0.29, 0.717) is 23.8 Å². The number of fused-ring (bicyclic) bond motifs is 1. The van der Waals surface area contributed by atoms with Crippen LogP contribution in [0.2, 0.25) is 0 Å². The van der Waals surface area contributed by atoms with E-state index in [4.69, 9.17) is 5.73 Å². The molecule has 2 heterocycles. The van der Waals surface area contributed by atoms with Crippen molar-refractivity contribution in [1.29, 1.82) is 0 Å².